The fraction of sp³-hybridized carbons (Fsp3) is 0.538. The fourth-order valence-corrected chi connectivity index (χ4v) is 2.29. The fourth-order valence-electron chi connectivity index (χ4n) is 2.04. The van der Waals surface area contributed by atoms with Crippen molar-refractivity contribution in [2.75, 3.05) is 13.2 Å². The molecule has 1 aliphatic rings. The van der Waals surface area contributed by atoms with Crippen LogP contribution in [0.4, 0.5) is 4.39 Å². The summed E-state index contributed by atoms with van der Waals surface area (Å²) in [6, 6.07) is 5.65. The molecule has 17 heavy (non-hydrogen) atoms. The summed E-state index contributed by atoms with van der Waals surface area (Å²) < 4.78 is 19.2. The van der Waals surface area contributed by atoms with Gasteiger partial charge >= 0.3 is 0 Å². The van der Waals surface area contributed by atoms with Crippen molar-refractivity contribution in [2.45, 2.75) is 25.9 Å². The topological polar surface area (TPSA) is 21.3 Å². The van der Waals surface area contributed by atoms with Gasteiger partial charge in [-0.25, -0.2) is 4.39 Å². The largest absolute Gasteiger partial charge is 0.381 e. The van der Waals surface area contributed by atoms with Gasteiger partial charge in [0.1, 0.15) is 5.82 Å². The van der Waals surface area contributed by atoms with Crippen LogP contribution in [0.3, 0.4) is 0 Å². The van der Waals surface area contributed by atoms with E-state index in [0.29, 0.717) is 23.0 Å². The molecule has 2 rings (SSSR count). The van der Waals surface area contributed by atoms with E-state index in [1.54, 1.807) is 12.1 Å². The summed E-state index contributed by atoms with van der Waals surface area (Å²) in [5.74, 6) is 0.372. The molecule has 1 saturated heterocycles. The molecular formula is C13H17BrFNO. The van der Waals surface area contributed by atoms with E-state index >= 15 is 0 Å². The van der Waals surface area contributed by atoms with E-state index in [1.165, 1.54) is 0 Å². The SMILES string of the molecule is CC(NCc1ccc(Br)c(F)c1)C1CCOC1. The zero-order chi connectivity index (χ0) is 12.3. The number of nitrogens with one attached hydrogen (secondary N) is 1. The van der Waals surface area contributed by atoms with Gasteiger partial charge in [0.25, 0.3) is 0 Å². The monoisotopic (exact) mass is 301 g/mol. The van der Waals surface area contributed by atoms with E-state index in [4.69, 9.17) is 4.74 Å². The van der Waals surface area contributed by atoms with Crippen molar-refractivity contribution in [3.63, 3.8) is 0 Å². The molecule has 2 atom stereocenters. The van der Waals surface area contributed by atoms with E-state index in [0.717, 1.165) is 25.2 Å². The second kappa shape index (κ2) is 5.94. The molecule has 1 aromatic rings. The van der Waals surface area contributed by atoms with Gasteiger partial charge in [0.05, 0.1) is 11.1 Å². The highest BCUT2D eigenvalue weighted by molar-refractivity contribution is 9.10. The van der Waals surface area contributed by atoms with Crippen molar-refractivity contribution in [3.8, 4) is 0 Å². The summed E-state index contributed by atoms with van der Waals surface area (Å²) in [5, 5.41) is 3.43. The number of ether oxygens (including phenoxy) is 1. The smallest absolute Gasteiger partial charge is 0.137 e. The molecule has 0 saturated carbocycles. The number of benzene rings is 1. The van der Waals surface area contributed by atoms with Crippen molar-refractivity contribution in [1.82, 2.24) is 5.32 Å². The molecule has 2 unspecified atom stereocenters. The molecule has 1 heterocycles. The first-order valence-electron chi connectivity index (χ1n) is 5.92. The molecule has 0 radical (unpaired) electrons. The Hall–Kier alpha value is -0.450. The summed E-state index contributed by atoms with van der Waals surface area (Å²) in [7, 11) is 0. The Morgan fingerprint density at radius 3 is 3.06 bits per heavy atom. The third-order valence-corrected chi connectivity index (χ3v) is 3.93. The molecular weight excluding hydrogens is 285 g/mol. The van der Waals surface area contributed by atoms with E-state index in [9.17, 15) is 4.39 Å². The van der Waals surface area contributed by atoms with E-state index in [1.807, 2.05) is 6.07 Å². The van der Waals surface area contributed by atoms with Gasteiger partial charge in [-0.2, -0.15) is 0 Å². The average Bonchev–Trinajstić information content (AvgIpc) is 2.84. The van der Waals surface area contributed by atoms with Crippen LogP contribution in [0.15, 0.2) is 22.7 Å². The van der Waals surface area contributed by atoms with Crippen LogP contribution >= 0.6 is 15.9 Å². The van der Waals surface area contributed by atoms with Gasteiger partial charge in [0.15, 0.2) is 0 Å². The highest BCUT2D eigenvalue weighted by Crippen LogP contribution is 2.18. The molecule has 0 bridgehead atoms. The summed E-state index contributed by atoms with van der Waals surface area (Å²) in [6.07, 6.45) is 1.11. The van der Waals surface area contributed by atoms with E-state index in [2.05, 4.69) is 28.2 Å². The molecule has 2 nitrogen and oxygen atoms in total. The maximum Gasteiger partial charge on any atom is 0.137 e. The molecule has 0 amide bonds. The maximum atomic E-state index is 13.3. The van der Waals surface area contributed by atoms with Gasteiger partial charge in [0, 0.05) is 19.2 Å². The Morgan fingerprint density at radius 2 is 2.41 bits per heavy atom. The van der Waals surface area contributed by atoms with Gasteiger partial charge in [0.2, 0.25) is 0 Å². The van der Waals surface area contributed by atoms with Crippen molar-refractivity contribution in [2.24, 2.45) is 5.92 Å². The summed E-state index contributed by atoms with van der Waals surface area (Å²) in [5.41, 5.74) is 0.969. The predicted octanol–water partition coefficient (Wildman–Crippen LogP) is 3.10. The van der Waals surface area contributed by atoms with Gasteiger partial charge in [-0.05, 0) is 52.9 Å². The first-order valence-corrected chi connectivity index (χ1v) is 6.71. The number of hydrogen-bond acceptors (Lipinski definition) is 2. The molecule has 4 heteroatoms. The van der Waals surface area contributed by atoms with Crippen molar-refractivity contribution < 1.29 is 9.13 Å². The van der Waals surface area contributed by atoms with Crippen LogP contribution in [0, 0.1) is 11.7 Å². The summed E-state index contributed by atoms with van der Waals surface area (Å²) in [6.45, 7) is 4.56. The number of rotatable bonds is 4. The van der Waals surface area contributed by atoms with Crippen molar-refractivity contribution in [1.29, 1.82) is 0 Å². The van der Waals surface area contributed by atoms with Gasteiger partial charge in [-0.15, -0.1) is 0 Å². The zero-order valence-corrected chi connectivity index (χ0v) is 11.5. The lowest BCUT2D eigenvalue weighted by atomic mass is 10.0. The van der Waals surface area contributed by atoms with E-state index in [-0.39, 0.29) is 5.82 Å². The van der Waals surface area contributed by atoms with Crippen LogP contribution < -0.4 is 5.32 Å². The molecule has 1 aromatic carbocycles. The highest BCUT2D eigenvalue weighted by atomic mass is 79.9. The first-order chi connectivity index (χ1) is 8.16. The quantitative estimate of drug-likeness (QED) is 0.923. The molecule has 1 N–H and O–H groups in total. The minimum Gasteiger partial charge on any atom is -0.381 e. The molecule has 1 aliphatic heterocycles. The van der Waals surface area contributed by atoms with Crippen LogP contribution in [-0.4, -0.2) is 19.3 Å². The van der Waals surface area contributed by atoms with Crippen molar-refractivity contribution >= 4 is 15.9 Å². The Bertz CT molecular complexity index is 380. The number of halogens is 2. The van der Waals surface area contributed by atoms with Crippen molar-refractivity contribution in [3.05, 3.63) is 34.1 Å². The normalized spacial score (nSPS) is 21.7. The number of hydrogen-bond donors (Lipinski definition) is 1. The Morgan fingerprint density at radius 1 is 1.59 bits per heavy atom. The third-order valence-electron chi connectivity index (χ3n) is 3.28. The lowest BCUT2D eigenvalue weighted by Gasteiger charge is -2.19. The Balaban J connectivity index is 1.86. The summed E-state index contributed by atoms with van der Waals surface area (Å²) in [4.78, 5) is 0. The average molecular weight is 302 g/mol. The van der Waals surface area contributed by atoms with Crippen LogP contribution in [0.1, 0.15) is 18.9 Å². The Labute approximate surface area is 110 Å². The molecule has 0 aromatic heterocycles. The van der Waals surface area contributed by atoms with Crippen LogP contribution in [0.25, 0.3) is 0 Å². The molecule has 0 spiro atoms. The first kappa shape index (κ1) is 13.0. The molecule has 1 fully saturated rings. The molecule has 0 aliphatic carbocycles. The second-order valence-corrected chi connectivity index (χ2v) is 5.40. The lowest BCUT2D eigenvalue weighted by Crippen LogP contribution is -2.33. The third kappa shape index (κ3) is 3.50. The minimum atomic E-state index is -0.207. The zero-order valence-electron chi connectivity index (χ0n) is 9.88. The minimum absolute atomic E-state index is 0.207. The summed E-state index contributed by atoms with van der Waals surface area (Å²) >= 11 is 3.15. The van der Waals surface area contributed by atoms with Crippen LogP contribution in [-0.2, 0) is 11.3 Å². The molecule has 94 valence electrons. The second-order valence-electron chi connectivity index (χ2n) is 4.54. The maximum absolute atomic E-state index is 13.3. The van der Waals surface area contributed by atoms with Gasteiger partial charge in [-0.1, -0.05) is 6.07 Å². The predicted molar refractivity (Wildman–Crippen MR) is 69.3 cm³/mol. The highest BCUT2D eigenvalue weighted by Gasteiger charge is 2.21. The van der Waals surface area contributed by atoms with Crippen LogP contribution in [0.5, 0.6) is 0 Å². The Kier molecular flexibility index (Phi) is 4.54. The lowest BCUT2D eigenvalue weighted by molar-refractivity contribution is 0.178. The standard InChI is InChI=1S/C13H17BrFNO/c1-9(11-4-5-17-8-11)16-7-10-2-3-12(14)13(15)6-10/h2-3,6,9,11,16H,4-5,7-8H2,1H3. The van der Waals surface area contributed by atoms with E-state index < -0.39 is 0 Å². The van der Waals surface area contributed by atoms with Crippen LogP contribution in [0.2, 0.25) is 0 Å². The van der Waals surface area contributed by atoms with Gasteiger partial charge < -0.3 is 10.1 Å². The van der Waals surface area contributed by atoms with Gasteiger partial charge in [-0.3, -0.25) is 0 Å².